The summed E-state index contributed by atoms with van der Waals surface area (Å²) in [6, 6.07) is 13.9. The Bertz CT molecular complexity index is 1340. The highest BCUT2D eigenvalue weighted by Gasteiger charge is 2.40. The van der Waals surface area contributed by atoms with Crippen LogP contribution in [0.3, 0.4) is 0 Å². The number of para-hydroxylation sites is 1. The van der Waals surface area contributed by atoms with E-state index in [0.29, 0.717) is 36.8 Å². The van der Waals surface area contributed by atoms with Crippen LogP contribution in [-0.2, 0) is 26.4 Å². The van der Waals surface area contributed by atoms with Crippen LogP contribution in [0.1, 0.15) is 24.8 Å². The van der Waals surface area contributed by atoms with E-state index in [2.05, 4.69) is 17.3 Å². The molecule has 0 radical (unpaired) electrons. The normalized spacial score (nSPS) is 18.6. The third-order valence-electron chi connectivity index (χ3n) is 6.43. The molecular weight excluding hydrogens is 440 g/mol. The Morgan fingerprint density at radius 3 is 2.52 bits per heavy atom. The second-order valence-corrected chi connectivity index (χ2v) is 11.1. The van der Waals surface area contributed by atoms with Crippen molar-refractivity contribution in [3.05, 3.63) is 60.3 Å². The summed E-state index contributed by atoms with van der Waals surface area (Å²) in [5, 5.41) is 7.17. The van der Waals surface area contributed by atoms with E-state index in [1.54, 1.807) is 54.3 Å². The van der Waals surface area contributed by atoms with Gasteiger partial charge < -0.3 is 15.0 Å². The van der Waals surface area contributed by atoms with Crippen LogP contribution in [0, 0.1) is 5.41 Å². The zero-order valence-electron chi connectivity index (χ0n) is 18.8. The molecule has 9 heteroatoms. The second kappa shape index (κ2) is 7.71. The van der Waals surface area contributed by atoms with Crippen molar-refractivity contribution in [1.82, 2.24) is 9.78 Å². The number of nitrogens with one attached hydrogen (secondary N) is 1. The molecule has 3 heterocycles. The highest BCUT2D eigenvalue weighted by molar-refractivity contribution is 7.92. The molecule has 3 aromatic rings. The van der Waals surface area contributed by atoms with Crippen molar-refractivity contribution in [2.45, 2.75) is 29.1 Å². The molecule has 1 atom stereocenters. The SMILES string of the molecule is CN1c2ccccc2S(=O)(=O)c2ccc(C(CC3(C)COC3)C(=O)Nc3ccn(C)n3)cc21. The molecule has 1 fully saturated rings. The number of carbonyl (C=O) groups is 1. The van der Waals surface area contributed by atoms with E-state index in [0.717, 1.165) is 5.56 Å². The number of nitrogens with zero attached hydrogens (tertiary/aromatic N) is 3. The maximum atomic E-state index is 13.4. The van der Waals surface area contributed by atoms with Crippen LogP contribution in [0.4, 0.5) is 17.2 Å². The Balaban J connectivity index is 1.55. The first kappa shape index (κ1) is 21.7. The Kier molecular flexibility index (Phi) is 5.06. The highest BCUT2D eigenvalue weighted by atomic mass is 32.2. The first-order valence-corrected chi connectivity index (χ1v) is 12.3. The van der Waals surface area contributed by atoms with Crippen LogP contribution in [0.25, 0.3) is 0 Å². The van der Waals surface area contributed by atoms with Gasteiger partial charge >= 0.3 is 0 Å². The molecule has 33 heavy (non-hydrogen) atoms. The summed E-state index contributed by atoms with van der Waals surface area (Å²) in [6.07, 6.45) is 2.35. The number of rotatable bonds is 5. The number of carbonyl (C=O) groups excluding carboxylic acids is 1. The molecule has 2 aliphatic heterocycles. The third kappa shape index (κ3) is 3.71. The van der Waals surface area contributed by atoms with E-state index in [-0.39, 0.29) is 21.1 Å². The lowest BCUT2D eigenvalue weighted by Crippen LogP contribution is -2.42. The lowest BCUT2D eigenvalue weighted by atomic mass is 9.76. The number of fused-ring (bicyclic) bond motifs is 2. The van der Waals surface area contributed by atoms with E-state index in [1.165, 1.54) is 0 Å². The minimum atomic E-state index is -3.65. The number of hydrogen-bond acceptors (Lipinski definition) is 6. The lowest BCUT2D eigenvalue weighted by Gasteiger charge is -2.40. The number of ether oxygens (including phenoxy) is 1. The summed E-state index contributed by atoms with van der Waals surface area (Å²) >= 11 is 0. The summed E-state index contributed by atoms with van der Waals surface area (Å²) in [4.78, 5) is 15.8. The largest absolute Gasteiger partial charge is 0.380 e. The van der Waals surface area contributed by atoms with Gasteiger partial charge in [0.05, 0.1) is 40.3 Å². The van der Waals surface area contributed by atoms with E-state index in [9.17, 15) is 13.2 Å². The second-order valence-electron chi connectivity index (χ2n) is 9.18. The maximum absolute atomic E-state index is 13.4. The van der Waals surface area contributed by atoms with Gasteiger partial charge in [0.25, 0.3) is 0 Å². The van der Waals surface area contributed by atoms with Gasteiger partial charge in [0.15, 0.2) is 5.82 Å². The first-order chi connectivity index (χ1) is 15.7. The van der Waals surface area contributed by atoms with Gasteiger partial charge in [-0.05, 0) is 36.2 Å². The van der Waals surface area contributed by atoms with Crippen LogP contribution >= 0.6 is 0 Å². The Labute approximate surface area is 193 Å². The van der Waals surface area contributed by atoms with E-state index < -0.39 is 15.8 Å². The van der Waals surface area contributed by atoms with Crippen molar-refractivity contribution in [2.75, 3.05) is 30.5 Å². The Morgan fingerprint density at radius 2 is 1.85 bits per heavy atom. The fourth-order valence-electron chi connectivity index (χ4n) is 4.57. The zero-order chi connectivity index (χ0) is 23.4. The summed E-state index contributed by atoms with van der Waals surface area (Å²) in [7, 11) is -0.00981. The molecule has 1 aromatic heterocycles. The van der Waals surface area contributed by atoms with Crippen LogP contribution in [0.15, 0.2) is 64.5 Å². The molecule has 2 aliphatic rings. The van der Waals surface area contributed by atoms with Gasteiger partial charge in [-0.15, -0.1) is 0 Å². The Hall–Kier alpha value is -3.17. The number of sulfone groups is 1. The van der Waals surface area contributed by atoms with Gasteiger partial charge in [-0.3, -0.25) is 9.48 Å². The minimum absolute atomic E-state index is 0.118. The highest BCUT2D eigenvalue weighted by Crippen LogP contribution is 2.45. The molecule has 1 unspecified atom stereocenters. The predicted molar refractivity (Wildman–Crippen MR) is 125 cm³/mol. The third-order valence-corrected chi connectivity index (χ3v) is 8.28. The molecule has 8 nitrogen and oxygen atoms in total. The number of benzene rings is 2. The standard InChI is InChI=1S/C24H26N4O4S/c1-24(14-32-15-24)13-17(23(29)25-22-10-11-27(2)26-22)16-8-9-21-19(12-16)28(3)18-6-4-5-7-20(18)33(21,30)31/h4-12,17H,13-15H2,1-3H3,(H,25,26,29). The molecule has 0 saturated carbocycles. The average molecular weight is 467 g/mol. The molecule has 172 valence electrons. The molecule has 0 aliphatic carbocycles. The number of aromatic nitrogens is 2. The van der Waals surface area contributed by atoms with Crippen molar-refractivity contribution < 1.29 is 17.9 Å². The van der Waals surface area contributed by atoms with Gasteiger partial charge in [-0.1, -0.05) is 25.1 Å². The molecule has 0 spiro atoms. The van der Waals surface area contributed by atoms with Gasteiger partial charge in [-0.2, -0.15) is 5.10 Å². The summed E-state index contributed by atoms with van der Waals surface area (Å²) in [5.41, 5.74) is 1.83. The molecule has 0 bridgehead atoms. The predicted octanol–water partition coefficient (Wildman–Crippen LogP) is 3.48. The molecule has 1 saturated heterocycles. The molecule has 1 N–H and O–H groups in total. The topological polar surface area (TPSA) is 93.5 Å². The van der Waals surface area contributed by atoms with E-state index in [1.807, 2.05) is 24.1 Å². The van der Waals surface area contributed by atoms with E-state index in [4.69, 9.17) is 4.74 Å². The molecule has 5 rings (SSSR count). The van der Waals surface area contributed by atoms with Gasteiger partial charge in [0.2, 0.25) is 15.7 Å². The number of amides is 1. The fourth-order valence-corrected chi connectivity index (χ4v) is 6.26. The van der Waals surface area contributed by atoms with Crippen molar-refractivity contribution in [3.63, 3.8) is 0 Å². The molecular formula is C24H26N4O4S. The average Bonchev–Trinajstić information content (AvgIpc) is 3.19. The number of hydrogen-bond donors (Lipinski definition) is 1. The molecule has 1 amide bonds. The van der Waals surface area contributed by atoms with Crippen LogP contribution < -0.4 is 10.2 Å². The quantitative estimate of drug-likeness (QED) is 0.619. The summed E-state index contributed by atoms with van der Waals surface area (Å²) in [6.45, 7) is 3.28. The van der Waals surface area contributed by atoms with Gasteiger partial charge in [-0.25, -0.2) is 8.42 Å². The Morgan fingerprint density at radius 1 is 1.12 bits per heavy atom. The van der Waals surface area contributed by atoms with Crippen molar-refractivity contribution in [1.29, 1.82) is 0 Å². The maximum Gasteiger partial charge on any atom is 0.233 e. The fraction of sp³-hybridized carbons (Fsp3) is 0.333. The minimum Gasteiger partial charge on any atom is -0.380 e. The zero-order valence-corrected chi connectivity index (χ0v) is 19.6. The van der Waals surface area contributed by atoms with Crippen LogP contribution in [0.2, 0.25) is 0 Å². The molecule has 2 aromatic carbocycles. The number of aryl methyl sites for hydroxylation is 1. The van der Waals surface area contributed by atoms with Crippen molar-refractivity contribution in [3.8, 4) is 0 Å². The van der Waals surface area contributed by atoms with Crippen LogP contribution in [0.5, 0.6) is 0 Å². The first-order valence-electron chi connectivity index (χ1n) is 10.8. The summed E-state index contributed by atoms with van der Waals surface area (Å²) in [5.74, 6) is -0.183. The smallest absolute Gasteiger partial charge is 0.233 e. The van der Waals surface area contributed by atoms with Crippen molar-refractivity contribution in [2.24, 2.45) is 12.5 Å². The van der Waals surface area contributed by atoms with Gasteiger partial charge in [0.1, 0.15) is 0 Å². The van der Waals surface area contributed by atoms with Crippen LogP contribution in [-0.4, -0.2) is 44.4 Å². The monoisotopic (exact) mass is 466 g/mol. The number of anilines is 3. The summed E-state index contributed by atoms with van der Waals surface area (Å²) < 4.78 is 33.5. The van der Waals surface area contributed by atoms with Gasteiger partial charge in [0, 0.05) is 31.8 Å². The lowest BCUT2D eigenvalue weighted by molar-refractivity contribution is -0.126. The van der Waals surface area contributed by atoms with Crippen molar-refractivity contribution >= 4 is 32.9 Å². The van der Waals surface area contributed by atoms with E-state index >= 15 is 0 Å².